The number of hydrogen-bond acceptors (Lipinski definition) is 3. The van der Waals surface area contributed by atoms with Crippen molar-refractivity contribution in [1.29, 1.82) is 0 Å². The Balaban J connectivity index is 2.77. The monoisotopic (exact) mass is 199 g/mol. The molecule has 0 aromatic carbocycles. The molecule has 0 spiro atoms. The van der Waals surface area contributed by atoms with Crippen LogP contribution in [0.1, 0.15) is 26.0 Å². The highest BCUT2D eigenvalue weighted by molar-refractivity contribution is 6.28. The molecule has 1 N–H and O–H groups in total. The lowest BCUT2D eigenvalue weighted by molar-refractivity contribution is 0.758. The second-order valence-electron chi connectivity index (χ2n) is 3.12. The van der Waals surface area contributed by atoms with Crippen molar-refractivity contribution in [3.8, 4) is 0 Å². The zero-order valence-electron chi connectivity index (χ0n) is 8.13. The zero-order valence-corrected chi connectivity index (χ0v) is 8.89. The van der Waals surface area contributed by atoms with Crippen LogP contribution in [0.2, 0.25) is 5.28 Å². The van der Waals surface area contributed by atoms with Crippen LogP contribution in [-0.2, 0) is 0 Å². The molecule has 0 saturated carbocycles. The summed E-state index contributed by atoms with van der Waals surface area (Å²) in [5.41, 5.74) is 0.880. The minimum Gasteiger partial charge on any atom is -0.367 e. The van der Waals surface area contributed by atoms with Crippen LogP contribution < -0.4 is 5.32 Å². The predicted molar refractivity (Wildman–Crippen MR) is 55.2 cm³/mol. The van der Waals surface area contributed by atoms with Crippen molar-refractivity contribution in [3.63, 3.8) is 0 Å². The van der Waals surface area contributed by atoms with Gasteiger partial charge in [0.25, 0.3) is 0 Å². The minimum atomic E-state index is 0.297. The standard InChI is InChI=1S/C9H14ClN3/c1-4-6(2)11-8-5-7(3)12-9(10)13-8/h5-6H,4H2,1-3H3,(H,11,12,13). The predicted octanol–water partition coefficient (Wildman–Crippen LogP) is 2.65. The Hall–Kier alpha value is -0.830. The molecule has 0 aliphatic heterocycles. The van der Waals surface area contributed by atoms with Crippen LogP contribution in [0.15, 0.2) is 6.07 Å². The van der Waals surface area contributed by atoms with Crippen LogP contribution in [0.5, 0.6) is 0 Å². The highest BCUT2D eigenvalue weighted by Crippen LogP contribution is 2.11. The topological polar surface area (TPSA) is 37.8 Å². The van der Waals surface area contributed by atoms with Crippen LogP contribution in [0, 0.1) is 6.92 Å². The number of rotatable bonds is 3. The summed E-state index contributed by atoms with van der Waals surface area (Å²) in [6.45, 7) is 6.12. The third-order valence-corrected chi connectivity index (χ3v) is 2.00. The molecule has 0 aliphatic carbocycles. The maximum atomic E-state index is 5.71. The molecule has 0 aliphatic rings. The SMILES string of the molecule is CCC(C)Nc1cc(C)nc(Cl)n1. The van der Waals surface area contributed by atoms with Crippen LogP contribution in [-0.4, -0.2) is 16.0 Å². The molecule has 1 unspecified atom stereocenters. The molecule has 4 heteroatoms. The number of aromatic nitrogens is 2. The van der Waals surface area contributed by atoms with E-state index < -0.39 is 0 Å². The van der Waals surface area contributed by atoms with Crippen LogP contribution >= 0.6 is 11.6 Å². The van der Waals surface area contributed by atoms with Gasteiger partial charge in [0.2, 0.25) is 5.28 Å². The highest BCUT2D eigenvalue weighted by Gasteiger charge is 2.02. The molecule has 1 aromatic heterocycles. The molecule has 1 aromatic rings. The molecule has 72 valence electrons. The van der Waals surface area contributed by atoms with Gasteiger partial charge in [-0.25, -0.2) is 9.97 Å². The Kier molecular flexibility index (Phi) is 3.48. The van der Waals surface area contributed by atoms with Crippen molar-refractivity contribution in [2.75, 3.05) is 5.32 Å². The summed E-state index contributed by atoms with van der Waals surface area (Å²) in [6, 6.07) is 2.29. The first-order valence-corrected chi connectivity index (χ1v) is 4.77. The molecule has 0 radical (unpaired) electrons. The third kappa shape index (κ3) is 3.19. The van der Waals surface area contributed by atoms with Crippen molar-refractivity contribution < 1.29 is 0 Å². The van der Waals surface area contributed by atoms with Gasteiger partial charge in [0.05, 0.1) is 0 Å². The maximum Gasteiger partial charge on any atom is 0.224 e. The van der Waals surface area contributed by atoms with Crippen LogP contribution in [0.25, 0.3) is 0 Å². The highest BCUT2D eigenvalue weighted by atomic mass is 35.5. The summed E-state index contributed by atoms with van der Waals surface area (Å²) >= 11 is 5.71. The molecular weight excluding hydrogens is 186 g/mol. The van der Waals surface area contributed by atoms with Gasteiger partial charge < -0.3 is 5.32 Å². The van der Waals surface area contributed by atoms with Gasteiger partial charge in [0, 0.05) is 17.8 Å². The van der Waals surface area contributed by atoms with Gasteiger partial charge in [-0.15, -0.1) is 0 Å². The smallest absolute Gasteiger partial charge is 0.224 e. The summed E-state index contributed by atoms with van der Waals surface area (Å²) in [6.07, 6.45) is 1.06. The first-order chi connectivity index (χ1) is 6.11. The molecule has 1 atom stereocenters. The average molecular weight is 200 g/mol. The Morgan fingerprint density at radius 2 is 2.23 bits per heavy atom. The van der Waals surface area contributed by atoms with E-state index in [9.17, 15) is 0 Å². The molecule has 1 heterocycles. The molecule has 13 heavy (non-hydrogen) atoms. The van der Waals surface area contributed by atoms with E-state index in [0.717, 1.165) is 17.9 Å². The summed E-state index contributed by atoms with van der Waals surface area (Å²) < 4.78 is 0. The van der Waals surface area contributed by atoms with E-state index in [4.69, 9.17) is 11.6 Å². The quantitative estimate of drug-likeness (QED) is 0.761. The molecule has 3 nitrogen and oxygen atoms in total. The van der Waals surface area contributed by atoms with Gasteiger partial charge in [0.15, 0.2) is 0 Å². The fourth-order valence-electron chi connectivity index (χ4n) is 0.961. The van der Waals surface area contributed by atoms with E-state index in [2.05, 4.69) is 29.1 Å². The first-order valence-electron chi connectivity index (χ1n) is 4.39. The number of aryl methyl sites for hydroxylation is 1. The lowest BCUT2D eigenvalue weighted by Crippen LogP contribution is -2.14. The summed E-state index contributed by atoms with van der Waals surface area (Å²) in [4.78, 5) is 8.05. The molecule has 0 bridgehead atoms. The second kappa shape index (κ2) is 4.42. The van der Waals surface area contributed by atoms with Crippen molar-refractivity contribution in [2.24, 2.45) is 0 Å². The Bertz CT molecular complexity index is 268. The van der Waals surface area contributed by atoms with E-state index >= 15 is 0 Å². The summed E-state index contributed by atoms with van der Waals surface area (Å²) in [5.74, 6) is 0.798. The number of anilines is 1. The largest absolute Gasteiger partial charge is 0.367 e. The Morgan fingerprint density at radius 1 is 1.54 bits per heavy atom. The lowest BCUT2D eigenvalue weighted by atomic mass is 10.2. The maximum absolute atomic E-state index is 5.71. The molecular formula is C9H14ClN3. The van der Waals surface area contributed by atoms with Gasteiger partial charge in [0.1, 0.15) is 5.82 Å². The summed E-state index contributed by atoms with van der Waals surface area (Å²) in [7, 11) is 0. The fourth-order valence-corrected chi connectivity index (χ4v) is 1.19. The van der Waals surface area contributed by atoms with Crippen molar-refractivity contribution >= 4 is 17.4 Å². The molecule has 0 saturated heterocycles. The van der Waals surface area contributed by atoms with Crippen LogP contribution in [0.3, 0.4) is 0 Å². The zero-order chi connectivity index (χ0) is 9.84. The lowest BCUT2D eigenvalue weighted by Gasteiger charge is -2.11. The van der Waals surface area contributed by atoms with E-state index in [-0.39, 0.29) is 0 Å². The van der Waals surface area contributed by atoms with Crippen LogP contribution in [0.4, 0.5) is 5.82 Å². The number of nitrogens with zero attached hydrogens (tertiary/aromatic N) is 2. The van der Waals surface area contributed by atoms with Gasteiger partial charge in [-0.3, -0.25) is 0 Å². The minimum absolute atomic E-state index is 0.297. The van der Waals surface area contributed by atoms with Crippen molar-refractivity contribution in [1.82, 2.24) is 9.97 Å². The van der Waals surface area contributed by atoms with Crippen molar-refractivity contribution in [2.45, 2.75) is 33.2 Å². The van der Waals surface area contributed by atoms with Gasteiger partial charge >= 0.3 is 0 Å². The van der Waals surface area contributed by atoms with Gasteiger partial charge in [-0.2, -0.15) is 0 Å². The number of nitrogens with one attached hydrogen (secondary N) is 1. The molecule has 1 rings (SSSR count). The van der Waals surface area contributed by atoms with Gasteiger partial charge in [-0.1, -0.05) is 6.92 Å². The first kappa shape index (κ1) is 10.3. The Morgan fingerprint density at radius 3 is 2.77 bits per heavy atom. The van der Waals surface area contributed by atoms with Crippen molar-refractivity contribution in [3.05, 3.63) is 17.0 Å². The Labute approximate surface area is 83.5 Å². The van der Waals surface area contributed by atoms with Gasteiger partial charge in [-0.05, 0) is 31.9 Å². The van der Waals surface area contributed by atoms with E-state index in [0.29, 0.717) is 11.3 Å². The fraction of sp³-hybridized carbons (Fsp3) is 0.556. The number of hydrogen-bond donors (Lipinski definition) is 1. The average Bonchev–Trinajstić information content (AvgIpc) is 2.02. The molecule has 0 amide bonds. The third-order valence-electron chi connectivity index (χ3n) is 1.83. The molecule has 0 fully saturated rings. The second-order valence-corrected chi connectivity index (χ2v) is 3.46. The summed E-state index contributed by atoms with van der Waals surface area (Å²) in [5, 5.41) is 3.53. The van der Waals surface area contributed by atoms with E-state index in [1.807, 2.05) is 13.0 Å². The van der Waals surface area contributed by atoms with E-state index in [1.54, 1.807) is 0 Å². The van der Waals surface area contributed by atoms with E-state index in [1.165, 1.54) is 0 Å². The number of halogens is 1. The normalized spacial score (nSPS) is 12.6.